The van der Waals surface area contributed by atoms with Crippen molar-refractivity contribution in [2.75, 3.05) is 17.7 Å². The number of aryl methyl sites for hydroxylation is 1. The molecule has 0 saturated carbocycles. The Hall–Kier alpha value is -2.41. The zero-order chi connectivity index (χ0) is 19.9. The second kappa shape index (κ2) is 7.31. The number of Topliss-reactive ketones (excluding diaryl/α,β-unsaturated/α-hetero) is 1. The van der Waals surface area contributed by atoms with Crippen molar-refractivity contribution in [2.24, 2.45) is 5.92 Å². The highest BCUT2D eigenvalue weighted by atomic mass is 35.5. The van der Waals surface area contributed by atoms with E-state index in [9.17, 15) is 4.79 Å². The molecule has 0 fully saturated rings. The smallest absolute Gasteiger partial charge is 0.223 e. The molecule has 8 heteroatoms. The largest absolute Gasteiger partial charge is 0.496 e. The van der Waals surface area contributed by atoms with Crippen LogP contribution in [0.15, 0.2) is 6.20 Å². The number of nitrogens with two attached hydrogens (primary N) is 1. The third kappa shape index (κ3) is 3.43. The minimum Gasteiger partial charge on any atom is -0.496 e. The monoisotopic (exact) mass is 389 g/mol. The first kappa shape index (κ1) is 19.4. The molecule has 2 N–H and O–H groups in total. The third-order valence-electron chi connectivity index (χ3n) is 4.94. The molecule has 1 aliphatic heterocycles. The molecule has 27 heavy (non-hydrogen) atoms. The average molecular weight is 390 g/mol. The molecule has 0 amide bonds. The average Bonchev–Trinajstić information content (AvgIpc) is 2.58. The lowest BCUT2D eigenvalue weighted by molar-refractivity contribution is -0.121. The van der Waals surface area contributed by atoms with E-state index in [1.807, 2.05) is 32.6 Å². The second-order valence-electron chi connectivity index (χ2n) is 7.18. The van der Waals surface area contributed by atoms with Crippen LogP contribution in [0.5, 0.6) is 5.75 Å². The van der Waals surface area contributed by atoms with Gasteiger partial charge in [-0.15, -0.1) is 0 Å². The summed E-state index contributed by atoms with van der Waals surface area (Å²) in [5.41, 5.74) is 9.17. The fourth-order valence-corrected chi connectivity index (χ4v) is 3.97. The summed E-state index contributed by atoms with van der Waals surface area (Å²) in [5, 5.41) is 0.226. The quantitative estimate of drug-likeness (QED) is 0.803. The van der Waals surface area contributed by atoms with Crippen molar-refractivity contribution in [1.82, 2.24) is 15.0 Å². The molecule has 0 radical (unpaired) electrons. The number of hydrogen-bond donors (Lipinski definition) is 1. The van der Waals surface area contributed by atoms with Gasteiger partial charge < -0.3 is 15.4 Å². The molecule has 1 aliphatic rings. The first-order chi connectivity index (χ1) is 12.7. The number of aromatic nitrogens is 3. The Labute approximate surface area is 163 Å². The topological polar surface area (TPSA) is 94.2 Å². The van der Waals surface area contributed by atoms with Gasteiger partial charge in [0.1, 0.15) is 16.7 Å². The number of pyridine rings is 1. The summed E-state index contributed by atoms with van der Waals surface area (Å²) in [4.78, 5) is 27.8. The van der Waals surface area contributed by atoms with E-state index >= 15 is 0 Å². The molecule has 0 aromatic carbocycles. The minimum atomic E-state index is -0.337. The predicted octanol–water partition coefficient (Wildman–Crippen LogP) is 2.89. The maximum absolute atomic E-state index is 12.9. The molecule has 7 nitrogen and oxygen atoms in total. The number of ketones is 1. The van der Waals surface area contributed by atoms with Crippen molar-refractivity contribution in [3.63, 3.8) is 0 Å². The Morgan fingerprint density at radius 1 is 1.37 bits per heavy atom. The van der Waals surface area contributed by atoms with E-state index in [1.165, 1.54) is 0 Å². The predicted molar refractivity (Wildman–Crippen MR) is 105 cm³/mol. The zero-order valence-electron chi connectivity index (χ0n) is 16.2. The Morgan fingerprint density at radius 2 is 2.07 bits per heavy atom. The van der Waals surface area contributed by atoms with Gasteiger partial charge in [0.05, 0.1) is 25.4 Å². The lowest BCUT2D eigenvalue weighted by Gasteiger charge is -2.39. The number of ether oxygens (including phenoxy) is 1. The summed E-state index contributed by atoms with van der Waals surface area (Å²) in [6.45, 7) is 8.35. The van der Waals surface area contributed by atoms with Crippen molar-refractivity contribution < 1.29 is 9.53 Å². The number of nitrogen functional groups attached to an aromatic ring is 1. The minimum absolute atomic E-state index is 0.0875. The maximum atomic E-state index is 12.9. The van der Waals surface area contributed by atoms with E-state index < -0.39 is 0 Å². The van der Waals surface area contributed by atoms with Gasteiger partial charge in [-0.3, -0.25) is 9.78 Å². The van der Waals surface area contributed by atoms with Crippen LogP contribution in [0.4, 0.5) is 11.8 Å². The molecule has 0 spiro atoms. The Morgan fingerprint density at radius 3 is 2.70 bits per heavy atom. The van der Waals surface area contributed by atoms with Crippen LogP contribution in [0.25, 0.3) is 0 Å². The Balaban J connectivity index is 2.13. The van der Waals surface area contributed by atoms with Gasteiger partial charge in [0.2, 0.25) is 5.95 Å². The van der Waals surface area contributed by atoms with E-state index in [0.29, 0.717) is 17.9 Å². The number of methoxy groups -OCH3 is 1. The van der Waals surface area contributed by atoms with Crippen LogP contribution in [-0.4, -0.2) is 33.9 Å². The van der Waals surface area contributed by atoms with Gasteiger partial charge in [-0.2, -0.15) is 4.98 Å². The van der Waals surface area contributed by atoms with E-state index in [2.05, 4.69) is 15.0 Å². The van der Waals surface area contributed by atoms with Crippen LogP contribution < -0.4 is 15.4 Å². The fraction of sp³-hybridized carbons (Fsp3) is 0.474. The number of fused-ring (bicyclic) bond motifs is 1. The number of rotatable bonds is 4. The molecule has 2 aromatic heterocycles. The highest BCUT2D eigenvalue weighted by Crippen LogP contribution is 2.36. The van der Waals surface area contributed by atoms with Crippen LogP contribution in [0.2, 0.25) is 5.15 Å². The fourth-order valence-electron chi connectivity index (χ4n) is 3.73. The number of carbonyl (C=O) groups is 1. The second-order valence-corrected chi connectivity index (χ2v) is 7.54. The summed E-state index contributed by atoms with van der Waals surface area (Å²) < 4.78 is 5.52. The summed E-state index contributed by atoms with van der Waals surface area (Å²) in [5.74, 6) is 1.67. The van der Waals surface area contributed by atoms with Crippen molar-refractivity contribution in [2.45, 2.75) is 46.7 Å². The molecule has 0 bridgehead atoms. The van der Waals surface area contributed by atoms with E-state index in [0.717, 1.165) is 22.6 Å². The molecular weight excluding hydrogens is 366 g/mol. The van der Waals surface area contributed by atoms with Crippen LogP contribution in [0, 0.1) is 19.8 Å². The molecule has 0 unspecified atom stereocenters. The van der Waals surface area contributed by atoms with Gasteiger partial charge in [-0.05, 0) is 19.8 Å². The first-order valence-electron chi connectivity index (χ1n) is 8.84. The molecule has 0 aliphatic carbocycles. The van der Waals surface area contributed by atoms with Gasteiger partial charge >= 0.3 is 0 Å². The molecule has 3 heterocycles. The summed E-state index contributed by atoms with van der Waals surface area (Å²) in [6.07, 6.45) is 1.98. The summed E-state index contributed by atoms with van der Waals surface area (Å²) in [7, 11) is 1.64. The molecule has 144 valence electrons. The van der Waals surface area contributed by atoms with Gasteiger partial charge in [-0.1, -0.05) is 25.4 Å². The highest BCUT2D eigenvalue weighted by Gasteiger charge is 2.38. The first-order valence-corrected chi connectivity index (χ1v) is 9.22. The van der Waals surface area contributed by atoms with Crippen LogP contribution in [-0.2, 0) is 17.8 Å². The number of hydrogen-bond acceptors (Lipinski definition) is 7. The molecule has 0 saturated heterocycles. The van der Waals surface area contributed by atoms with Crippen molar-refractivity contribution in [1.29, 1.82) is 0 Å². The number of anilines is 2. The maximum Gasteiger partial charge on any atom is 0.223 e. The van der Waals surface area contributed by atoms with Gasteiger partial charge in [-0.25, -0.2) is 4.98 Å². The van der Waals surface area contributed by atoms with E-state index in [4.69, 9.17) is 22.1 Å². The van der Waals surface area contributed by atoms with E-state index in [1.54, 1.807) is 13.3 Å². The summed E-state index contributed by atoms with van der Waals surface area (Å²) in [6, 6.07) is -0.337. The lowest BCUT2D eigenvalue weighted by Crippen LogP contribution is -2.49. The van der Waals surface area contributed by atoms with Crippen molar-refractivity contribution in [3.05, 3.63) is 33.7 Å². The van der Waals surface area contributed by atoms with Crippen LogP contribution in [0.1, 0.15) is 36.2 Å². The normalized spacial score (nSPS) is 16.6. The highest BCUT2D eigenvalue weighted by molar-refractivity contribution is 6.31. The van der Waals surface area contributed by atoms with Gasteiger partial charge in [0.15, 0.2) is 5.78 Å². The van der Waals surface area contributed by atoms with Crippen molar-refractivity contribution in [3.8, 4) is 5.75 Å². The molecule has 1 atom stereocenters. The standard InChI is InChI=1S/C19H24ClN5O2/c1-9(2)15-14(26)6-12-17(20)23-19(21)24-18(12)25(15)8-13-11(4)16(27-5)10(3)7-22-13/h7,9,15H,6,8H2,1-5H3,(H2,21,23,24)/t15-/m0/s1. The lowest BCUT2D eigenvalue weighted by atomic mass is 9.90. The van der Waals surface area contributed by atoms with E-state index in [-0.39, 0.29) is 35.3 Å². The number of nitrogens with zero attached hydrogens (tertiary/aromatic N) is 4. The van der Waals surface area contributed by atoms with Crippen LogP contribution >= 0.6 is 11.6 Å². The van der Waals surface area contributed by atoms with Crippen LogP contribution in [0.3, 0.4) is 0 Å². The Kier molecular flexibility index (Phi) is 5.24. The third-order valence-corrected chi connectivity index (χ3v) is 5.25. The molecule has 2 aromatic rings. The Bertz CT molecular complexity index is 900. The van der Waals surface area contributed by atoms with Gasteiger partial charge in [0, 0.05) is 29.3 Å². The molecule has 3 rings (SSSR count). The van der Waals surface area contributed by atoms with Gasteiger partial charge in [0.25, 0.3) is 0 Å². The molecular formula is C19H24ClN5O2. The number of halogens is 1. The SMILES string of the molecule is COc1c(C)cnc(CN2c3nc(N)nc(Cl)c3CC(=O)[C@@H]2C(C)C)c1C. The zero-order valence-corrected chi connectivity index (χ0v) is 17.0. The summed E-state index contributed by atoms with van der Waals surface area (Å²) >= 11 is 6.26. The van der Waals surface area contributed by atoms with Crippen molar-refractivity contribution >= 4 is 29.2 Å². The number of carbonyl (C=O) groups excluding carboxylic acids is 1.